The summed E-state index contributed by atoms with van der Waals surface area (Å²) < 4.78 is 0. The highest BCUT2D eigenvalue weighted by Crippen LogP contribution is 2.20. The Kier molecular flexibility index (Phi) is 4.37. The van der Waals surface area contributed by atoms with Gasteiger partial charge in [0.05, 0.1) is 0 Å². The molecule has 1 aliphatic rings. The first-order valence-electron chi connectivity index (χ1n) is 6.75. The van der Waals surface area contributed by atoms with Crippen molar-refractivity contribution >= 4 is 5.97 Å². The Morgan fingerprint density at radius 3 is 2.94 bits per heavy atom. The maximum atomic E-state index is 11.1. The molecule has 0 aromatic heterocycles. The number of carbonyl (C=O) groups is 1. The third-order valence-electron chi connectivity index (χ3n) is 3.56. The maximum Gasteiger partial charge on any atom is 0.320 e. The first-order valence-corrected chi connectivity index (χ1v) is 6.75. The molecule has 3 nitrogen and oxygen atoms in total. The van der Waals surface area contributed by atoms with E-state index in [0.29, 0.717) is 0 Å². The number of carboxylic acids is 1. The van der Waals surface area contributed by atoms with E-state index in [-0.39, 0.29) is 6.04 Å². The van der Waals surface area contributed by atoms with Crippen LogP contribution in [0.1, 0.15) is 37.3 Å². The lowest BCUT2D eigenvalue weighted by Gasteiger charge is -2.21. The number of aryl methyl sites for hydroxylation is 1. The minimum Gasteiger partial charge on any atom is -0.480 e. The molecule has 1 aromatic rings. The molecule has 1 fully saturated rings. The van der Waals surface area contributed by atoms with Gasteiger partial charge in [0.2, 0.25) is 0 Å². The number of benzene rings is 1. The van der Waals surface area contributed by atoms with E-state index in [1.54, 1.807) is 0 Å². The Bertz CT molecular complexity index is 417. The van der Waals surface area contributed by atoms with Gasteiger partial charge in [0.25, 0.3) is 0 Å². The van der Waals surface area contributed by atoms with Crippen molar-refractivity contribution in [3.05, 3.63) is 35.4 Å². The third-order valence-corrected chi connectivity index (χ3v) is 3.56. The summed E-state index contributed by atoms with van der Waals surface area (Å²) in [5, 5.41) is 9.16. The van der Waals surface area contributed by atoms with E-state index in [1.165, 1.54) is 11.1 Å². The van der Waals surface area contributed by atoms with Crippen molar-refractivity contribution in [1.82, 2.24) is 4.90 Å². The number of hydrogen-bond acceptors (Lipinski definition) is 2. The van der Waals surface area contributed by atoms with Gasteiger partial charge in [-0.25, -0.2) is 0 Å². The van der Waals surface area contributed by atoms with E-state index in [2.05, 4.69) is 36.1 Å². The van der Waals surface area contributed by atoms with Gasteiger partial charge in [0.1, 0.15) is 6.04 Å². The van der Waals surface area contributed by atoms with Crippen molar-refractivity contribution in [3.63, 3.8) is 0 Å². The molecule has 0 spiro atoms. The Labute approximate surface area is 108 Å². The summed E-state index contributed by atoms with van der Waals surface area (Å²) >= 11 is 0. The van der Waals surface area contributed by atoms with Gasteiger partial charge in [-0.05, 0) is 36.9 Å². The highest BCUT2D eigenvalue weighted by Gasteiger charge is 2.30. The molecule has 0 bridgehead atoms. The number of carboxylic acid groups (broad SMARTS) is 1. The van der Waals surface area contributed by atoms with E-state index in [9.17, 15) is 4.79 Å². The molecule has 0 radical (unpaired) electrons. The normalized spacial score (nSPS) is 20.2. The quantitative estimate of drug-likeness (QED) is 0.869. The van der Waals surface area contributed by atoms with Crippen LogP contribution in [0.4, 0.5) is 0 Å². The van der Waals surface area contributed by atoms with Crippen LogP contribution in [0.5, 0.6) is 0 Å². The molecular formula is C15H21NO2. The van der Waals surface area contributed by atoms with E-state index >= 15 is 0 Å². The van der Waals surface area contributed by atoms with Gasteiger partial charge in [-0.1, -0.05) is 37.6 Å². The molecule has 1 N–H and O–H groups in total. The zero-order chi connectivity index (χ0) is 13.0. The summed E-state index contributed by atoms with van der Waals surface area (Å²) in [5.74, 6) is -0.683. The van der Waals surface area contributed by atoms with Gasteiger partial charge in [-0.3, -0.25) is 9.69 Å². The second-order valence-electron chi connectivity index (χ2n) is 5.04. The largest absolute Gasteiger partial charge is 0.480 e. The topological polar surface area (TPSA) is 40.5 Å². The molecule has 98 valence electrons. The molecular weight excluding hydrogens is 226 g/mol. The summed E-state index contributed by atoms with van der Waals surface area (Å²) in [6.45, 7) is 3.83. The third kappa shape index (κ3) is 3.10. The van der Waals surface area contributed by atoms with Crippen LogP contribution < -0.4 is 0 Å². The van der Waals surface area contributed by atoms with Gasteiger partial charge in [-0.2, -0.15) is 0 Å². The Morgan fingerprint density at radius 2 is 2.22 bits per heavy atom. The number of rotatable bonds is 5. The lowest BCUT2D eigenvalue weighted by Crippen LogP contribution is -2.35. The average Bonchev–Trinajstić information content (AvgIpc) is 2.78. The predicted molar refractivity (Wildman–Crippen MR) is 71.5 cm³/mol. The standard InChI is InChI=1S/C15H21NO2/c1-2-5-12-6-3-7-13(10-12)11-16-9-4-8-14(16)15(17)18/h3,6-7,10,14H,2,4-5,8-9,11H2,1H3,(H,17,18)/t14-/m0/s1. The van der Waals surface area contributed by atoms with Crippen LogP contribution in [0.2, 0.25) is 0 Å². The summed E-state index contributed by atoms with van der Waals surface area (Å²) in [5.41, 5.74) is 2.58. The van der Waals surface area contributed by atoms with Gasteiger partial charge < -0.3 is 5.11 Å². The fourth-order valence-electron chi connectivity index (χ4n) is 2.70. The van der Waals surface area contributed by atoms with E-state index in [4.69, 9.17) is 5.11 Å². The van der Waals surface area contributed by atoms with Crippen LogP contribution in [-0.4, -0.2) is 28.6 Å². The van der Waals surface area contributed by atoms with Crippen molar-refractivity contribution in [1.29, 1.82) is 0 Å². The van der Waals surface area contributed by atoms with E-state index in [0.717, 1.165) is 38.8 Å². The smallest absolute Gasteiger partial charge is 0.320 e. The highest BCUT2D eigenvalue weighted by molar-refractivity contribution is 5.73. The van der Waals surface area contributed by atoms with E-state index < -0.39 is 5.97 Å². The molecule has 1 saturated heterocycles. The number of likely N-dealkylation sites (tertiary alicyclic amines) is 1. The Balaban J connectivity index is 2.04. The fraction of sp³-hybridized carbons (Fsp3) is 0.533. The number of aliphatic carboxylic acids is 1. The molecule has 18 heavy (non-hydrogen) atoms. The SMILES string of the molecule is CCCc1cccc(CN2CCC[C@H]2C(=O)O)c1. The van der Waals surface area contributed by atoms with Gasteiger partial charge in [0.15, 0.2) is 0 Å². The predicted octanol–water partition coefficient (Wildman–Crippen LogP) is 2.69. The Hall–Kier alpha value is -1.35. The maximum absolute atomic E-state index is 11.1. The lowest BCUT2D eigenvalue weighted by atomic mass is 10.1. The average molecular weight is 247 g/mol. The highest BCUT2D eigenvalue weighted by atomic mass is 16.4. The van der Waals surface area contributed by atoms with Crippen LogP contribution in [0.25, 0.3) is 0 Å². The first kappa shape index (κ1) is 13.1. The molecule has 1 atom stereocenters. The van der Waals surface area contributed by atoms with Crippen molar-refractivity contribution in [2.75, 3.05) is 6.54 Å². The number of nitrogens with zero attached hydrogens (tertiary/aromatic N) is 1. The molecule has 1 aromatic carbocycles. The minimum absolute atomic E-state index is 0.292. The fourth-order valence-corrected chi connectivity index (χ4v) is 2.70. The summed E-state index contributed by atoms with van der Waals surface area (Å²) in [4.78, 5) is 13.2. The van der Waals surface area contributed by atoms with Gasteiger partial charge in [0, 0.05) is 6.54 Å². The lowest BCUT2D eigenvalue weighted by molar-refractivity contribution is -0.142. The van der Waals surface area contributed by atoms with Crippen LogP contribution >= 0.6 is 0 Å². The van der Waals surface area contributed by atoms with Crippen molar-refractivity contribution in [2.24, 2.45) is 0 Å². The summed E-state index contributed by atoms with van der Waals surface area (Å²) in [6, 6.07) is 8.23. The van der Waals surface area contributed by atoms with Gasteiger partial charge in [-0.15, -0.1) is 0 Å². The zero-order valence-corrected chi connectivity index (χ0v) is 10.9. The van der Waals surface area contributed by atoms with E-state index in [1.807, 2.05) is 0 Å². The van der Waals surface area contributed by atoms with Crippen LogP contribution in [0.15, 0.2) is 24.3 Å². The van der Waals surface area contributed by atoms with Gasteiger partial charge >= 0.3 is 5.97 Å². The summed E-state index contributed by atoms with van der Waals surface area (Å²) in [7, 11) is 0. The van der Waals surface area contributed by atoms with Crippen LogP contribution in [0, 0.1) is 0 Å². The summed E-state index contributed by atoms with van der Waals surface area (Å²) in [6.07, 6.45) is 4.01. The van der Waals surface area contributed by atoms with Crippen LogP contribution in [-0.2, 0) is 17.8 Å². The second kappa shape index (κ2) is 6.01. The minimum atomic E-state index is -0.683. The molecule has 0 unspecified atom stereocenters. The zero-order valence-electron chi connectivity index (χ0n) is 10.9. The Morgan fingerprint density at radius 1 is 1.44 bits per heavy atom. The first-order chi connectivity index (χ1) is 8.70. The van der Waals surface area contributed by atoms with Crippen LogP contribution in [0.3, 0.4) is 0 Å². The molecule has 1 heterocycles. The van der Waals surface area contributed by atoms with Crippen molar-refractivity contribution < 1.29 is 9.90 Å². The molecule has 0 amide bonds. The molecule has 1 aliphatic heterocycles. The second-order valence-corrected chi connectivity index (χ2v) is 5.04. The molecule has 0 saturated carbocycles. The molecule has 3 heteroatoms. The van der Waals surface area contributed by atoms with Crippen molar-refractivity contribution in [2.45, 2.75) is 45.2 Å². The monoisotopic (exact) mass is 247 g/mol. The molecule has 2 rings (SSSR count). The number of hydrogen-bond donors (Lipinski definition) is 1. The molecule has 0 aliphatic carbocycles. The van der Waals surface area contributed by atoms with Crippen molar-refractivity contribution in [3.8, 4) is 0 Å².